The number of methoxy groups -OCH3 is 1. The molecule has 0 saturated heterocycles. The molecule has 0 aromatic heterocycles. The maximum Gasteiger partial charge on any atom is 0.161 e. The molecule has 0 aromatic carbocycles. The molecule has 3 nitrogen and oxygen atoms in total. The molecule has 0 unspecified atom stereocenters. The smallest absolute Gasteiger partial charge is 0.161 e. The van der Waals surface area contributed by atoms with E-state index in [0.29, 0.717) is 17.4 Å². The fourth-order valence-corrected chi connectivity index (χ4v) is 8.07. The number of Topliss-reactive ketones (excluding diaryl/α,β-unsaturated/α-hetero) is 1. The van der Waals surface area contributed by atoms with Gasteiger partial charge in [0, 0.05) is 13.0 Å². The summed E-state index contributed by atoms with van der Waals surface area (Å²) in [6.45, 7) is 4.68. The SMILES string of the molecule is CO[C@H]1CC[C@@]2(C)[C@@H](CC[C@@H]3[C@@H]2CC[C@]2(C)[C@@H](C(=O)CO)CC[C@@H]32)C1. The molecule has 0 radical (unpaired) electrons. The molecule has 3 heteroatoms. The van der Waals surface area contributed by atoms with E-state index in [2.05, 4.69) is 13.8 Å². The molecule has 0 bridgehead atoms. The lowest BCUT2D eigenvalue weighted by molar-refractivity contribution is -0.142. The van der Waals surface area contributed by atoms with Crippen LogP contribution in [0.4, 0.5) is 0 Å². The fourth-order valence-electron chi connectivity index (χ4n) is 8.07. The van der Waals surface area contributed by atoms with Gasteiger partial charge >= 0.3 is 0 Å². The van der Waals surface area contributed by atoms with Crippen LogP contribution in [0.3, 0.4) is 0 Å². The van der Waals surface area contributed by atoms with Gasteiger partial charge in [0.05, 0.1) is 6.10 Å². The van der Waals surface area contributed by atoms with Crippen LogP contribution in [-0.4, -0.2) is 30.7 Å². The van der Waals surface area contributed by atoms with Crippen molar-refractivity contribution in [2.75, 3.05) is 13.7 Å². The van der Waals surface area contributed by atoms with Crippen molar-refractivity contribution in [3.8, 4) is 0 Å². The van der Waals surface area contributed by atoms with Crippen LogP contribution in [0.15, 0.2) is 0 Å². The molecule has 25 heavy (non-hydrogen) atoms. The second-order valence-corrected chi connectivity index (χ2v) is 10.1. The highest BCUT2D eigenvalue weighted by Gasteiger charge is 2.61. The minimum Gasteiger partial charge on any atom is -0.389 e. The molecular weight excluding hydrogens is 312 g/mol. The van der Waals surface area contributed by atoms with Crippen LogP contribution in [0.25, 0.3) is 0 Å². The Kier molecular flexibility index (Phi) is 4.56. The number of fused-ring (bicyclic) bond motifs is 5. The van der Waals surface area contributed by atoms with E-state index >= 15 is 0 Å². The number of carbonyl (C=O) groups is 1. The third-order valence-electron chi connectivity index (χ3n) is 9.50. The quantitative estimate of drug-likeness (QED) is 0.830. The van der Waals surface area contributed by atoms with Crippen LogP contribution in [-0.2, 0) is 9.53 Å². The van der Waals surface area contributed by atoms with Crippen LogP contribution >= 0.6 is 0 Å². The first-order valence-corrected chi connectivity index (χ1v) is 10.6. The Morgan fingerprint density at radius 1 is 1.00 bits per heavy atom. The van der Waals surface area contributed by atoms with Crippen molar-refractivity contribution in [2.24, 2.45) is 40.4 Å². The molecule has 4 aliphatic carbocycles. The molecule has 4 saturated carbocycles. The predicted octanol–water partition coefficient (Wildman–Crippen LogP) is 4.22. The average Bonchev–Trinajstić information content (AvgIpc) is 2.97. The van der Waals surface area contributed by atoms with E-state index < -0.39 is 0 Å². The van der Waals surface area contributed by atoms with Gasteiger partial charge in [0.25, 0.3) is 0 Å². The van der Waals surface area contributed by atoms with Crippen molar-refractivity contribution in [3.63, 3.8) is 0 Å². The number of hydrogen-bond donors (Lipinski definition) is 1. The summed E-state index contributed by atoms with van der Waals surface area (Å²) in [5.74, 6) is 3.38. The van der Waals surface area contributed by atoms with E-state index in [4.69, 9.17) is 4.74 Å². The number of ether oxygens (including phenoxy) is 1. The van der Waals surface area contributed by atoms with Crippen LogP contribution in [0.2, 0.25) is 0 Å². The zero-order chi connectivity index (χ0) is 17.8. The summed E-state index contributed by atoms with van der Waals surface area (Å²) >= 11 is 0. The standard InChI is InChI=1S/C22H36O3/c1-21-10-8-15(25-3)12-14(21)4-5-16-17-6-7-19(20(24)13-23)22(17,2)11-9-18(16)21/h14-19,23H,4-13H2,1-3H3/t14-,15-,16-,17-,18-,19+,21-,22-/m0/s1. The van der Waals surface area contributed by atoms with E-state index in [0.717, 1.165) is 24.2 Å². The highest BCUT2D eigenvalue weighted by atomic mass is 16.5. The Balaban J connectivity index is 1.57. The van der Waals surface area contributed by atoms with E-state index in [9.17, 15) is 9.90 Å². The van der Waals surface area contributed by atoms with Gasteiger partial charge in [0.2, 0.25) is 0 Å². The van der Waals surface area contributed by atoms with Crippen LogP contribution < -0.4 is 0 Å². The molecule has 0 aliphatic heterocycles. The number of aliphatic hydroxyl groups excluding tert-OH is 1. The molecule has 4 fully saturated rings. The summed E-state index contributed by atoms with van der Waals surface area (Å²) in [6, 6.07) is 0. The molecule has 142 valence electrons. The summed E-state index contributed by atoms with van der Waals surface area (Å²) in [5.41, 5.74) is 0.631. The first kappa shape index (κ1) is 18.0. The van der Waals surface area contributed by atoms with Crippen molar-refractivity contribution in [1.82, 2.24) is 0 Å². The van der Waals surface area contributed by atoms with Gasteiger partial charge in [0.1, 0.15) is 6.61 Å². The minimum atomic E-state index is -0.265. The lowest BCUT2D eigenvalue weighted by atomic mass is 9.44. The monoisotopic (exact) mass is 348 g/mol. The van der Waals surface area contributed by atoms with E-state index in [1.54, 1.807) is 0 Å². The van der Waals surface area contributed by atoms with Gasteiger partial charge < -0.3 is 9.84 Å². The zero-order valence-electron chi connectivity index (χ0n) is 16.3. The van der Waals surface area contributed by atoms with Gasteiger partial charge in [-0.05, 0) is 92.3 Å². The minimum absolute atomic E-state index is 0.101. The first-order valence-electron chi connectivity index (χ1n) is 10.6. The van der Waals surface area contributed by atoms with Crippen LogP contribution in [0.5, 0.6) is 0 Å². The van der Waals surface area contributed by atoms with Gasteiger partial charge in [-0.25, -0.2) is 0 Å². The normalized spacial score (nSPS) is 52.2. The Morgan fingerprint density at radius 2 is 1.72 bits per heavy atom. The summed E-state index contributed by atoms with van der Waals surface area (Å²) in [5, 5.41) is 9.41. The van der Waals surface area contributed by atoms with Crippen molar-refractivity contribution in [1.29, 1.82) is 0 Å². The number of carbonyl (C=O) groups excluding carboxylic acids is 1. The van der Waals surface area contributed by atoms with Crippen molar-refractivity contribution >= 4 is 5.78 Å². The zero-order valence-corrected chi connectivity index (χ0v) is 16.3. The summed E-state index contributed by atoms with van der Waals surface area (Å²) < 4.78 is 5.70. The molecule has 0 aromatic rings. The van der Waals surface area contributed by atoms with Gasteiger partial charge in [-0.2, -0.15) is 0 Å². The summed E-state index contributed by atoms with van der Waals surface area (Å²) in [6.07, 6.45) is 11.7. The lowest BCUT2D eigenvalue weighted by Gasteiger charge is -2.61. The van der Waals surface area contributed by atoms with E-state index in [-0.39, 0.29) is 23.7 Å². The number of hydrogen-bond acceptors (Lipinski definition) is 3. The maximum absolute atomic E-state index is 12.3. The van der Waals surface area contributed by atoms with E-state index in [1.807, 2.05) is 7.11 Å². The van der Waals surface area contributed by atoms with Crippen LogP contribution in [0, 0.1) is 40.4 Å². The molecule has 0 spiro atoms. The Bertz CT molecular complexity index is 531. The third kappa shape index (κ3) is 2.56. The van der Waals surface area contributed by atoms with Crippen LogP contribution in [0.1, 0.15) is 71.6 Å². The largest absolute Gasteiger partial charge is 0.389 e. The van der Waals surface area contributed by atoms with Gasteiger partial charge in [-0.15, -0.1) is 0 Å². The Hall–Kier alpha value is -0.410. The lowest BCUT2D eigenvalue weighted by Crippen LogP contribution is -2.54. The Labute approximate surface area is 152 Å². The van der Waals surface area contributed by atoms with Gasteiger partial charge in [0.15, 0.2) is 5.78 Å². The molecule has 8 atom stereocenters. The maximum atomic E-state index is 12.3. The van der Waals surface area contributed by atoms with Crippen molar-refractivity contribution in [3.05, 3.63) is 0 Å². The first-order chi connectivity index (χ1) is 11.9. The van der Waals surface area contributed by atoms with E-state index in [1.165, 1.54) is 51.4 Å². The highest BCUT2D eigenvalue weighted by Crippen LogP contribution is 2.67. The summed E-state index contributed by atoms with van der Waals surface area (Å²) in [4.78, 5) is 12.3. The predicted molar refractivity (Wildman–Crippen MR) is 98.1 cm³/mol. The summed E-state index contributed by atoms with van der Waals surface area (Å²) in [7, 11) is 1.88. The van der Waals surface area contributed by atoms with Crippen molar-refractivity contribution < 1.29 is 14.6 Å². The second-order valence-electron chi connectivity index (χ2n) is 10.1. The highest BCUT2D eigenvalue weighted by molar-refractivity contribution is 5.83. The van der Waals surface area contributed by atoms with Crippen molar-refractivity contribution in [2.45, 2.75) is 77.7 Å². The molecular formula is C22H36O3. The number of ketones is 1. The third-order valence-corrected chi connectivity index (χ3v) is 9.50. The fraction of sp³-hybridized carbons (Fsp3) is 0.955. The molecule has 4 rings (SSSR count). The number of rotatable bonds is 3. The molecule has 1 N–H and O–H groups in total. The number of aliphatic hydroxyl groups is 1. The van der Waals surface area contributed by atoms with Gasteiger partial charge in [-0.1, -0.05) is 13.8 Å². The molecule has 0 heterocycles. The van der Waals surface area contributed by atoms with Gasteiger partial charge in [-0.3, -0.25) is 4.79 Å². The second kappa shape index (κ2) is 6.34. The molecule has 4 aliphatic rings. The Morgan fingerprint density at radius 3 is 2.44 bits per heavy atom. The topological polar surface area (TPSA) is 46.5 Å². The average molecular weight is 349 g/mol. The molecule has 0 amide bonds.